The number of allylic oxidation sites excluding steroid dienone is 4. The Hall–Kier alpha value is -1.21. The average Bonchev–Trinajstić information content (AvgIpc) is 2.20. The molecule has 0 saturated heterocycles. The highest BCUT2D eigenvalue weighted by atomic mass is 32.1. The summed E-state index contributed by atoms with van der Waals surface area (Å²) in [6.07, 6.45) is 7.14. The summed E-state index contributed by atoms with van der Waals surface area (Å²) in [5, 5.41) is 0. The van der Waals surface area contributed by atoms with Crippen LogP contribution in [-0.2, 0) is 0 Å². The smallest absolute Gasteiger partial charge is 0.0268 e. The second-order valence-electron chi connectivity index (χ2n) is 3.00. The molecular weight excluding hydrogens is 176 g/mol. The Morgan fingerprint density at radius 1 is 1.08 bits per heavy atom. The van der Waals surface area contributed by atoms with E-state index in [4.69, 9.17) is 12.2 Å². The molecule has 13 heavy (non-hydrogen) atoms. The van der Waals surface area contributed by atoms with Gasteiger partial charge in [0.05, 0.1) is 0 Å². The molecule has 1 aliphatic rings. The van der Waals surface area contributed by atoms with Gasteiger partial charge in [-0.2, -0.15) is 0 Å². The largest absolute Gasteiger partial charge is 0.0839 e. The van der Waals surface area contributed by atoms with E-state index in [9.17, 15) is 0 Å². The van der Waals surface area contributed by atoms with Crippen molar-refractivity contribution in [3.05, 3.63) is 54.1 Å². The summed E-state index contributed by atoms with van der Waals surface area (Å²) in [5.74, 6) is 0. The van der Waals surface area contributed by atoms with Crippen molar-refractivity contribution in [2.75, 3.05) is 0 Å². The van der Waals surface area contributed by atoms with Crippen molar-refractivity contribution in [3.8, 4) is 0 Å². The Balaban J connectivity index is 2.41. The third-order valence-electron chi connectivity index (χ3n) is 2.09. The first-order valence-electron chi connectivity index (χ1n) is 4.33. The molecule has 0 bridgehead atoms. The fraction of sp³-hybridized carbons (Fsp3) is 0.0833. The van der Waals surface area contributed by atoms with Crippen LogP contribution >= 0.6 is 12.2 Å². The van der Waals surface area contributed by atoms with Crippen LogP contribution in [0.2, 0.25) is 0 Å². The van der Waals surface area contributed by atoms with E-state index < -0.39 is 0 Å². The van der Waals surface area contributed by atoms with Gasteiger partial charge in [-0.1, -0.05) is 60.8 Å². The predicted octanol–water partition coefficient (Wildman–Crippen LogP) is 3.40. The highest BCUT2D eigenvalue weighted by Gasteiger charge is 2.07. The van der Waals surface area contributed by atoms with E-state index in [1.807, 2.05) is 18.2 Å². The van der Waals surface area contributed by atoms with Crippen molar-refractivity contribution >= 4 is 22.7 Å². The normalized spacial score (nSPS) is 15.7. The van der Waals surface area contributed by atoms with Gasteiger partial charge in [-0.3, -0.25) is 0 Å². The molecule has 0 saturated carbocycles. The van der Waals surface area contributed by atoms with Crippen molar-refractivity contribution in [3.63, 3.8) is 0 Å². The minimum absolute atomic E-state index is 0.899. The summed E-state index contributed by atoms with van der Waals surface area (Å²) in [4.78, 5) is 1.04. The number of rotatable bonds is 1. The monoisotopic (exact) mass is 186 g/mol. The third kappa shape index (κ3) is 1.76. The summed E-state index contributed by atoms with van der Waals surface area (Å²) in [5.41, 5.74) is 2.41. The SMILES string of the molecule is S=C1CC=CC=C1c1ccccc1. The molecule has 0 aliphatic heterocycles. The lowest BCUT2D eigenvalue weighted by Gasteiger charge is -2.09. The fourth-order valence-corrected chi connectivity index (χ4v) is 1.70. The fourth-order valence-electron chi connectivity index (χ4n) is 1.42. The van der Waals surface area contributed by atoms with Gasteiger partial charge >= 0.3 is 0 Å². The molecule has 0 heterocycles. The molecule has 0 radical (unpaired) electrons. The number of benzene rings is 1. The molecule has 0 nitrogen and oxygen atoms in total. The summed E-state index contributed by atoms with van der Waals surface area (Å²) >= 11 is 5.29. The summed E-state index contributed by atoms with van der Waals surface area (Å²) < 4.78 is 0. The van der Waals surface area contributed by atoms with Gasteiger partial charge in [0.25, 0.3) is 0 Å². The van der Waals surface area contributed by atoms with Gasteiger partial charge in [-0.25, -0.2) is 0 Å². The lowest BCUT2D eigenvalue weighted by molar-refractivity contribution is 1.49. The Morgan fingerprint density at radius 3 is 2.54 bits per heavy atom. The van der Waals surface area contributed by atoms with Crippen molar-refractivity contribution in [1.82, 2.24) is 0 Å². The maximum absolute atomic E-state index is 5.29. The lowest BCUT2D eigenvalue weighted by atomic mass is 9.97. The minimum atomic E-state index is 0.899. The molecular formula is C12H10S. The molecule has 0 fully saturated rings. The first-order valence-corrected chi connectivity index (χ1v) is 4.74. The van der Waals surface area contributed by atoms with Crippen LogP contribution in [0.4, 0.5) is 0 Å². The quantitative estimate of drug-likeness (QED) is 0.606. The zero-order chi connectivity index (χ0) is 9.10. The maximum Gasteiger partial charge on any atom is 0.0268 e. The van der Waals surface area contributed by atoms with Crippen LogP contribution in [-0.4, -0.2) is 4.86 Å². The van der Waals surface area contributed by atoms with Crippen LogP contribution in [0, 0.1) is 0 Å². The first kappa shape index (κ1) is 8.39. The average molecular weight is 186 g/mol. The van der Waals surface area contributed by atoms with Crippen LogP contribution in [0.3, 0.4) is 0 Å². The van der Waals surface area contributed by atoms with Gasteiger partial charge in [0.1, 0.15) is 0 Å². The van der Waals surface area contributed by atoms with E-state index >= 15 is 0 Å². The molecule has 1 heteroatoms. The molecule has 1 aromatic rings. The molecule has 0 spiro atoms. The molecule has 0 N–H and O–H groups in total. The van der Waals surface area contributed by atoms with Crippen molar-refractivity contribution in [2.45, 2.75) is 6.42 Å². The van der Waals surface area contributed by atoms with E-state index in [-0.39, 0.29) is 0 Å². The topological polar surface area (TPSA) is 0 Å². The molecule has 0 aromatic heterocycles. The van der Waals surface area contributed by atoms with Crippen LogP contribution in [0.15, 0.2) is 48.6 Å². The number of hydrogen-bond donors (Lipinski definition) is 0. The second-order valence-corrected chi connectivity index (χ2v) is 3.49. The molecule has 0 amide bonds. The molecule has 1 aliphatic carbocycles. The summed E-state index contributed by atoms with van der Waals surface area (Å²) in [6, 6.07) is 10.3. The minimum Gasteiger partial charge on any atom is -0.0839 e. The van der Waals surface area contributed by atoms with Crippen molar-refractivity contribution in [2.24, 2.45) is 0 Å². The highest BCUT2D eigenvalue weighted by molar-refractivity contribution is 7.81. The van der Waals surface area contributed by atoms with E-state index in [1.165, 1.54) is 11.1 Å². The van der Waals surface area contributed by atoms with Gasteiger partial charge in [-0.05, 0) is 11.1 Å². The maximum atomic E-state index is 5.29. The van der Waals surface area contributed by atoms with E-state index in [2.05, 4.69) is 30.4 Å². The number of thiocarbonyl (C=S) groups is 1. The van der Waals surface area contributed by atoms with Crippen molar-refractivity contribution in [1.29, 1.82) is 0 Å². The van der Waals surface area contributed by atoms with E-state index in [1.54, 1.807) is 0 Å². The molecule has 0 atom stereocenters. The van der Waals surface area contributed by atoms with Crippen LogP contribution < -0.4 is 0 Å². The number of hydrogen-bond acceptors (Lipinski definition) is 1. The van der Waals surface area contributed by atoms with Gasteiger partial charge in [-0.15, -0.1) is 0 Å². The standard InChI is InChI=1S/C12H10S/c13-12-9-5-4-8-11(12)10-6-2-1-3-7-10/h1-8H,9H2. The van der Waals surface area contributed by atoms with Gasteiger partial charge in [0.2, 0.25) is 0 Å². The van der Waals surface area contributed by atoms with Crippen LogP contribution in [0.25, 0.3) is 5.57 Å². The zero-order valence-electron chi connectivity index (χ0n) is 7.23. The molecule has 64 valence electrons. The Morgan fingerprint density at radius 2 is 1.85 bits per heavy atom. The third-order valence-corrected chi connectivity index (χ3v) is 2.47. The molecule has 2 rings (SSSR count). The van der Waals surface area contributed by atoms with E-state index in [0.29, 0.717) is 0 Å². The van der Waals surface area contributed by atoms with E-state index in [0.717, 1.165) is 11.3 Å². The Labute approximate surface area is 83.6 Å². The molecule has 0 unspecified atom stereocenters. The highest BCUT2D eigenvalue weighted by Crippen LogP contribution is 2.21. The van der Waals surface area contributed by atoms with Crippen molar-refractivity contribution < 1.29 is 0 Å². The Kier molecular flexibility index (Phi) is 2.37. The van der Waals surface area contributed by atoms with Gasteiger partial charge in [0.15, 0.2) is 0 Å². The van der Waals surface area contributed by atoms with Gasteiger partial charge in [0, 0.05) is 11.3 Å². The van der Waals surface area contributed by atoms with Crippen LogP contribution in [0.1, 0.15) is 12.0 Å². The summed E-state index contributed by atoms with van der Waals surface area (Å²) in [7, 11) is 0. The second kappa shape index (κ2) is 3.67. The molecule has 1 aromatic carbocycles. The van der Waals surface area contributed by atoms with Crippen LogP contribution in [0.5, 0.6) is 0 Å². The summed E-state index contributed by atoms with van der Waals surface area (Å²) in [6.45, 7) is 0. The first-order chi connectivity index (χ1) is 6.38. The Bertz CT molecular complexity index is 371. The predicted molar refractivity (Wildman–Crippen MR) is 60.8 cm³/mol. The van der Waals surface area contributed by atoms with Gasteiger partial charge < -0.3 is 0 Å². The lowest BCUT2D eigenvalue weighted by Crippen LogP contribution is -1.99. The zero-order valence-corrected chi connectivity index (χ0v) is 8.05.